The van der Waals surface area contributed by atoms with E-state index in [1.165, 1.54) is 11.1 Å². The van der Waals surface area contributed by atoms with Gasteiger partial charge in [-0.05, 0) is 25.3 Å². The Kier molecular flexibility index (Phi) is 4.77. The van der Waals surface area contributed by atoms with E-state index >= 15 is 0 Å². The summed E-state index contributed by atoms with van der Waals surface area (Å²) in [5, 5.41) is 2.77. The number of nitrogens with zero attached hydrogens (tertiary/aromatic N) is 1. The van der Waals surface area contributed by atoms with Gasteiger partial charge in [0, 0.05) is 6.54 Å². The Morgan fingerprint density at radius 1 is 1.35 bits per heavy atom. The van der Waals surface area contributed by atoms with E-state index in [0.717, 1.165) is 12.8 Å². The molecule has 4 nitrogen and oxygen atoms in total. The van der Waals surface area contributed by atoms with E-state index in [-0.39, 0.29) is 24.4 Å². The summed E-state index contributed by atoms with van der Waals surface area (Å²) in [6.07, 6.45) is 2.40. The Labute approximate surface area is 120 Å². The van der Waals surface area contributed by atoms with Gasteiger partial charge in [-0.1, -0.05) is 43.2 Å². The molecule has 1 fully saturated rings. The summed E-state index contributed by atoms with van der Waals surface area (Å²) in [6.45, 7) is 4.87. The molecule has 1 aromatic carbocycles. The van der Waals surface area contributed by atoms with Crippen molar-refractivity contribution in [1.29, 1.82) is 0 Å². The number of carbonyl (C=O) groups is 2. The van der Waals surface area contributed by atoms with Crippen LogP contribution in [-0.2, 0) is 16.0 Å². The van der Waals surface area contributed by atoms with Crippen LogP contribution in [0.25, 0.3) is 0 Å². The van der Waals surface area contributed by atoms with Gasteiger partial charge in [-0.25, -0.2) is 0 Å². The van der Waals surface area contributed by atoms with Gasteiger partial charge < -0.3 is 10.2 Å². The van der Waals surface area contributed by atoms with Crippen molar-refractivity contribution in [3.63, 3.8) is 0 Å². The summed E-state index contributed by atoms with van der Waals surface area (Å²) in [5.74, 6) is 0.00592. The summed E-state index contributed by atoms with van der Waals surface area (Å²) in [6, 6.07) is 7.93. The molecule has 1 unspecified atom stereocenters. The molecule has 0 bridgehead atoms. The first kappa shape index (κ1) is 14.6. The third-order valence-corrected chi connectivity index (χ3v) is 3.61. The predicted molar refractivity (Wildman–Crippen MR) is 78.3 cm³/mol. The second-order valence-corrected chi connectivity index (χ2v) is 5.41. The fourth-order valence-corrected chi connectivity index (χ4v) is 2.58. The molecule has 1 N–H and O–H groups in total. The molecule has 1 aliphatic rings. The molecule has 1 atom stereocenters. The van der Waals surface area contributed by atoms with Crippen molar-refractivity contribution < 1.29 is 9.59 Å². The first-order valence-electron chi connectivity index (χ1n) is 7.24. The molecule has 1 aliphatic heterocycles. The lowest BCUT2D eigenvalue weighted by Crippen LogP contribution is -2.58. The molecule has 4 heteroatoms. The van der Waals surface area contributed by atoms with Crippen LogP contribution in [0, 0.1) is 6.92 Å². The third kappa shape index (κ3) is 3.59. The number of rotatable bonds is 5. The van der Waals surface area contributed by atoms with E-state index in [0.29, 0.717) is 13.0 Å². The summed E-state index contributed by atoms with van der Waals surface area (Å²) < 4.78 is 0. The van der Waals surface area contributed by atoms with Crippen molar-refractivity contribution >= 4 is 11.8 Å². The maximum Gasteiger partial charge on any atom is 0.245 e. The Hall–Kier alpha value is -1.84. The average Bonchev–Trinajstić information content (AvgIpc) is 2.41. The zero-order chi connectivity index (χ0) is 14.5. The molecule has 0 spiro atoms. The van der Waals surface area contributed by atoms with Crippen molar-refractivity contribution in [3.8, 4) is 0 Å². The minimum Gasteiger partial charge on any atom is -0.343 e. The van der Waals surface area contributed by atoms with E-state index < -0.39 is 0 Å². The van der Waals surface area contributed by atoms with Crippen LogP contribution in [0.15, 0.2) is 24.3 Å². The average molecular weight is 274 g/mol. The fourth-order valence-electron chi connectivity index (χ4n) is 2.58. The highest BCUT2D eigenvalue weighted by Gasteiger charge is 2.31. The van der Waals surface area contributed by atoms with Gasteiger partial charge in [-0.3, -0.25) is 9.59 Å². The van der Waals surface area contributed by atoms with Crippen LogP contribution < -0.4 is 5.32 Å². The monoisotopic (exact) mass is 274 g/mol. The Balaban J connectivity index is 1.97. The molecule has 108 valence electrons. The van der Waals surface area contributed by atoms with Crippen LogP contribution in [-0.4, -0.2) is 35.8 Å². The van der Waals surface area contributed by atoms with Gasteiger partial charge in [0.05, 0.1) is 6.54 Å². The van der Waals surface area contributed by atoms with E-state index in [9.17, 15) is 9.59 Å². The van der Waals surface area contributed by atoms with Crippen LogP contribution in [0.3, 0.4) is 0 Å². The predicted octanol–water partition coefficient (Wildman–Crippen LogP) is 1.66. The van der Waals surface area contributed by atoms with Crippen LogP contribution in [0.2, 0.25) is 0 Å². The normalized spacial score (nSPS) is 19.1. The Morgan fingerprint density at radius 3 is 2.85 bits per heavy atom. The van der Waals surface area contributed by atoms with E-state index in [1.807, 2.05) is 13.0 Å². The summed E-state index contributed by atoms with van der Waals surface area (Å²) in [4.78, 5) is 25.6. The zero-order valence-electron chi connectivity index (χ0n) is 12.2. The van der Waals surface area contributed by atoms with Crippen molar-refractivity contribution in [2.45, 2.75) is 39.2 Å². The Bertz CT molecular complexity index is 499. The van der Waals surface area contributed by atoms with Gasteiger partial charge in [0.15, 0.2) is 0 Å². The molecule has 0 saturated carbocycles. The smallest absolute Gasteiger partial charge is 0.245 e. The van der Waals surface area contributed by atoms with Gasteiger partial charge in [0.1, 0.15) is 6.04 Å². The number of hydrogen-bond acceptors (Lipinski definition) is 2. The first-order valence-corrected chi connectivity index (χ1v) is 7.24. The summed E-state index contributed by atoms with van der Waals surface area (Å²) in [5.41, 5.74) is 2.42. The van der Waals surface area contributed by atoms with Crippen LogP contribution in [0.4, 0.5) is 0 Å². The van der Waals surface area contributed by atoms with Crippen LogP contribution in [0.5, 0.6) is 0 Å². The maximum atomic E-state index is 12.3. The van der Waals surface area contributed by atoms with Crippen molar-refractivity contribution in [3.05, 3.63) is 35.4 Å². The standard InChI is InChI=1S/C16H22N2O2/c1-3-5-14-16(20)18(11-15(19)17-14)9-8-13-7-4-6-12(2)10-13/h4,6-7,10,14H,3,5,8-9,11H2,1-2H3,(H,17,19). The minimum absolute atomic E-state index is 0.0488. The first-order chi connectivity index (χ1) is 9.60. The molecule has 2 rings (SSSR count). The highest BCUT2D eigenvalue weighted by Crippen LogP contribution is 2.10. The van der Waals surface area contributed by atoms with Gasteiger partial charge in [-0.15, -0.1) is 0 Å². The highest BCUT2D eigenvalue weighted by molar-refractivity contribution is 5.94. The lowest BCUT2D eigenvalue weighted by molar-refractivity contribution is -0.144. The number of amides is 2. The molecule has 0 radical (unpaired) electrons. The van der Waals surface area contributed by atoms with E-state index in [4.69, 9.17) is 0 Å². The van der Waals surface area contributed by atoms with Gasteiger partial charge in [0.25, 0.3) is 0 Å². The highest BCUT2D eigenvalue weighted by atomic mass is 16.2. The molecule has 1 aromatic rings. The lowest BCUT2D eigenvalue weighted by atomic mass is 10.1. The fraction of sp³-hybridized carbons (Fsp3) is 0.500. The van der Waals surface area contributed by atoms with Gasteiger partial charge in [0.2, 0.25) is 11.8 Å². The van der Waals surface area contributed by atoms with Crippen molar-refractivity contribution in [1.82, 2.24) is 10.2 Å². The number of carbonyl (C=O) groups excluding carboxylic acids is 2. The molecular weight excluding hydrogens is 252 g/mol. The molecule has 20 heavy (non-hydrogen) atoms. The minimum atomic E-state index is -0.334. The van der Waals surface area contributed by atoms with Crippen molar-refractivity contribution in [2.24, 2.45) is 0 Å². The lowest BCUT2D eigenvalue weighted by Gasteiger charge is -2.32. The molecule has 1 heterocycles. The number of piperazine rings is 1. The summed E-state index contributed by atoms with van der Waals surface area (Å²) >= 11 is 0. The second kappa shape index (κ2) is 6.55. The van der Waals surface area contributed by atoms with E-state index in [1.54, 1.807) is 4.90 Å². The van der Waals surface area contributed by atoms with Crippen LogP contribution >= 0.6 is 0 Å². The SMILES string of the molecule is CCCC1NC(=O)CN(CCc2cccc(C)c2)C1=O. The molecule has 0 aromatic heterocycles. The van der Waals surface area contributed by atoms with E-state index in [2.05, 4.69) is 30.4 Å². The summed E-state index contributed by atoms with van der Waals surface area (Å²) in [7, 11) is 0. The van der Waals surface area contributed by atoms with Gasteiger partial charge in [-0.2, -0.15) is 0 Å². The Morgan fingerprint density at radius 2 is 2.15 bits per heavy atom. The molecule has 1 saturated heterocycles. The number of aryl methyl sites for hydroxylation is 1. The molecule has 2 amide bonds. The quantitative estimate of drug-likeness (QED) is 0.888. The number of benzene rings is 1. The van der Waals surface area contributed by atoms with Gasteiger partial charge >= 0.3 is 0 Å². The largest absolute Gasteiger partial charge is 0.343 e. The zero-order valence-corrected chi connectivity index (χ0v) is 12.2. The number of hydrogen-bond donors (Lipinski definition) is 1. The number of nitrogens with one attached hydrogen (secondary N) is 1. The third-order valence-electron chi connectivity index (χ3n) is 3.61. The van der Waals surface area contributed by atoms with Crippen LogP contribution in [0.1, 0.15) is 30.9 Å². The maximum absolute atomic E-state index is 12.3. The molecular formula is C16H22N2O2. The van der Waals surface area contributed by atoms with Crippen molar-refractivity contribution in [2.75, 3.05) is 13.1 Å². The topological polar surface area (TPSA) is 49.4 Å². The second-order valence-electron chi connectivity index (χ2n) is 5.41. The molecule has 0 aliphatic carbocycles.